The highest BCUT2D eigenvalue weighted by Gasteiger charge is 2.39. The minimum absolute atomic E-state index is 0.000602. The first-order chi connectivity index (χ1) is 9.56. The van der Waals surface area contributed by atoms with E-state index in [4.69, 9.17) is 11.6 Å². The molecule has 2 heterocycles. The standard InChI is InChI=1S/C14H19ClN2O2S/c15-14-6-2-1-5-12(14)11-20(18,19)17-9-13(10-17)16-7-3-4-8-16/h1-2,5-6,13H,3-4,7-11H2. The molecule has 0 unspecified atom stereocenters. The van der Waals surface area contributed by atoms with E-state index in [2.05, 4.69) is 4.90 Å². The molecule has 0 atom stereocenters. The highest BCUT2D eigenvalue weighted by molar-refractivity contribution is 7.88. The van der Waals surface area contributed by atoms with Crippen LogP contribution in [-0.4, -0.2) is 49.8 Å². The summed E-state index contributed by atoms with van der Waals surface area (Å²) in [5, 5.41) is 0.521. The van der Waals surface area contributed by atoms with Crippen LogP contribution in [0.25, 0.3) is 0 Å². The zero-order valence-electron chi connectivity index (χ0n) is 11.3. The van der Waals surface area contributed by atoms with Gasteiger partial charge < -0.3 is 0 Å². The van der Waals surface area contributed by atoms with Crippen molar-refractivity contribution in [2.45, 2.75) is 24.6 Å². The molecule has 2 aliphatic heterocycles. The molecular formula is C14H19ClN2O2S. The summed E-state index contributed by atoms with van der Waals surface area (Å²) in [6.45, 7) is 3.49. The van der Waals surface area contributed by atoms with Crippen LogP contribution < -0.4 is 0 Å². The molecular weight excluding hydrogens is 296 g/mol. The number of sulfonamides is 1. The number of rotatable bonds is 4. The molecule has 0 bridgehead atoms. The van der Waals surface area contributed by atoms with Crippen LogP contribution in [0.15, 0.2) is 24.3 Å². The number of benzene rings is 1. The van der Waals surface area contributed by atoms with Crippen molar-refractivity contribution in [3.05, 3.63) is 34.9 Å². The molecule has 2 aliphatic rings. The fourth-order valence-electron chi connectivity index (χ4n) is 2.88. The number of hydrogen-bond acceptors (Lipinski definition) is 3. The Hall–Kier alpha value is -0.620. The number of hydrogen-bond donors (Lipinski definition) is 0. The van der Waals surface area contributed by atoms with Gasteiger partial charge in [0.1, 0.15) is 0 Å². The van der Waals surface area contributed by atoms with E-state index in [0.29, 0.717) is 29.7 Å². The second kappa shape index (κ2) is 5.64. The van der Waals surface area contributed by atoms with Crippen LogP contribution in [-0.2, 0) is 15.8 Å². The van der Waals surface area contributed by atoms with Crippen LogP contribution >= 0.6 is 11.6 Å². The molecule has 1 aromatic carbocycles. The molecule has 0 aliphatic carbocycles. The number of halogens is 1. The van der Waals surface area contributed by atoms with Gasteiger partial charge in [0.25, 0.3) is 0 Å². The summed E-state index contributed by atoms with van der Waals surface area (Å²) in [5.74, 6) is -0.000602. The zero-order valence-corrected chi connectivity index (χ0v) is 12.9. The van der Waals surface area contributed by atoms with Crippen LogP contribution in [0.3, 0.4) is 0 Å². The lowest BCUT2D eigenvalue weighted by Crippen LogP contribution is -2.60. The van der Waals surface area contributed by atoms with Gasteiger partial charge in [-0.3, -0.25) is 4.90 Å². The van der Waals surface area contributed by atoms with Gasteiger partial charge in [-0.1, -0.05) is 29.8 Å². The van der Waals surface area contributed by atoms with Crippen LogP contribution in [0, 0.1) is 0 Å². The second-order valence-electron chi connectivity index (χ2n) is 5.56. The number of nitrogens with zero attached hydrogens (tertiary/aromatic N) is 2. The topological polar surface area (TPSA) is 40.6 Å². The maximum atomic E-state index is 12.3. The molecule has 0 saturated carbocycles. The fourth-order valence-corrected chi connectivity index (χ4v) is 4.79. The minimum Gasteiger partial charge on any atom is -0.298 e. The minimum atomic E-state index is -3.24. The highest BCUT2D eigenvalue weighted by Crippen LogP contribution is 2.26. The first-order valence-corrected chi connectivity index (χ1v) is 9.00. The summed E-state index contributed by atoms with van der Waals surface area (Å²) < 4.78 is 26.3. The third-order valence-corrected chi connectivity index (χ3v) is 6.30. The summed E-state index contributed by atoms with van der Waals surface area (Å²) in [7, 11) is -3.24. The molecule has 0 spiro atoms. The Labute approximate surface area is 125 Å². The summed E-state index contributed by atoms with van der Waals surface area (Å²) in [4.78, 5) is 2.40. The normalized spacial score (nSPS) is 22.1. The predicted molar refractivity (Wildman–Crippen MR) is 80.2 cm³/mol. The molecule has 110 valence electrons. The van der Waals surface area contributed by atoms with Crippen LogP contribution in [0.1, 0.15) is 18.4 Å². The molecule has 3 rings (SSSR count). The molecule has 1 aromatic rings. The Balaban J connectivity index is 1.61. The summed E-state index contributed by atoms with van der Waals surface area (Å²) in [6.07, 6.45) is 2.48. The van der Waals surface area contributed by atoms with Gasteiger partial charge in [0.2, 0.25) is 10.0 Å². The molecule has 4 nitrogen and oxygen atoms in total. The first kappa shape index (κ1) is 14.3. The maximum absolute atomic E-state index is 12.3. The van der Waals surface area contributed by atoms with Gasteiger partial charge in [0.05, 0.1) is 5.75 Å². The molecule has 6 heteroatoms. The van der Waals surface area contributed by atoms with Crippen molar-refractivity contribution < 1.29 is 8.42 Å². The summed E-state index contributed by atoms with van der Waals surface area (Å²) in [6, 6.07) is 7.55. The van der Waals surface area contributed by atoms with E-state index in [0.717, 1.165) is 13.1 Å². The van der Waals surface area contributed by atoms with E-state index in [1.807, 2.05) is 12.1 Å². The first-order valence-electron chi connectivity index (χ1n) is 7.01. The van der Waals surface area contributed by atoms with E-state index in [9.17, 15) is 8.42 Å². The molecule has 0 aromatic heterocycles. The molecule has 0 radical (unpaired) electrons. The quantitative estimate of drug-likeness (QED) is 0.853. The number of likely N-dealkylation sites (tertiary alicyclic amines) is 1. The third kappa shape index (κ3) is 2.86. The fraction of sp³-hybridized carbons (Fsp3) is 0.571. The van der Waals surface area contributed by atoms with Crippen molar-refractivity contribution in [1.29, 1.82) is 0 Å². The van der Waals surface area contributed by atoms with Gasteiger partial charge in [0, 0.05) is 24.2 Å². The lowest BCUT2D eigenvalue weighted by molar-refractivity contribution is 0.110. The molecule has 20 heavy (non-hydrogen) atoms. The molecule has 2 fully saturated rings. The maximum Gasteiger partial charge on any atom is 0.218 e. The summed E-state index contributed by atoms with van der Waals surface area (Å²) in [5.41, 5.74) is 0.679. The molecule has 0 N–H and O–H groups in total. The van der Waals surface area contributed by atoms with E-state index in [-0.39, 0.29) is 5.75 Å². The lowest BCUT2D eigenvalue weighted by Gasteiger charge is -2.43. The average Bonchev–Trinajstić information content (AvgIpc) is 2.83. The van der Waals surface area contributed by atoms with Gasteiger partial charge in [-0.25, -0.2) is 8.42 Å². The van der Waals surface area contributed by atoms with E-state index < -0.39 is 10.0 Å². The molecule has 2 saturated heterocycles. The van der Waals surface area contributed by atoms with Crippen molar-refractivity contribution in [2.24, 2.45) is 0 Å². The van der Waals surface area contributed by atoms with Gasteiger partial charge in [-0.15, -0.1) is 0 Å². The largest absolute Gasteiger partial charge is 0.298 e. The highest BCUT2D eigenvalue weighted by atomic mass is 35.5. The van der Waals surface area contributed by atoms with Crippen LogP contribution in [0.5, 0.6) is 0 Å². The van der Waals surface area contributed by atoms with Crippen LogP contribution in [0.4, 0.5) is 0 Å². The van der Waals surface area contributed by atoms with Gasteiger partial charge in [-0.2, -0.15) is 4.31 Å². The van der Waals surface area contributed by atoms with Gasteiger partial charge in [-0.05, 0) is 37.6 Å². The van der Waals surface area contributed by atoms with Gasteiger partial charge in [0.15, 0.2) is 0 Å². The van der Waals surface area contributed by atoms with Crippen molar-refractivity contribution in [3.63, 3.8) is 0 Å². The smallest absolute Gasteiger partial charge is 0.218 e. The third-order valence-electron chi connectivity index (χ3n) is 4.17. The Morgan fingerprint density at radius 2 is 1.80 bits per heavy atom. The SMILES string of the molecule is O=S(=O)(Cc1ccccc1Cl)N1CC(N2CCCC2)C1. The van der Waals surface area contributed by atoms with Crippen molar-refractivity contribution in [1.82, 2.24) is 9.21 Å². The second-order valence-corrected chi connectivity index (χ2v) is 7.94. The Morgan fingerprint density at radius 3 is 2.45 bits per heavy atom. The Kier molecular flexibility index (Phi) is 4.04. The van der Waals surface area contributed by atoms with E-state index in [1.165, 1.54) is 12.8 Å². The molecule has 0 amide bonds. The van der Waals surface area contributed by atoms with Crippen molar-refractivity contribution in [3.8, 4) is 0 Å². The summed E-state index contributed by atoms with van der Waals surface area (Å²) >= 11 is 6.04. The Bertz CT molecular complexity index is 579. The van der Waals surface area contributed by atoms with Gasteiger partial charge >= 0.3 is 0 Å². The Morgan fingerprint density at radius 1 is 1.15 bits per heavy atom. The lowest BCUT2D eigenvalue weighted by atomic mass is 10.1. The van der Waals surface area contributed by atoms with Crippen molar-refractivity contribution in [2.75, 3.05) is 26.2 Å². The van der Waals surface area contributed by atoms with E-state index >= 15 is 0 Å². The average molecular weight is 315 g/mol. The monoisotopic (exact) mass is 314 g/mol. The zero-order chi connectivity index (χ0) is 14.2. The van der Waals surface area contributed by atoms with Crippen molar-refractivity contribution >= 4 is 21.6 Å². The van der Waals surface area contributed by atoms with Crippen LogP contribution in [0.2, 0.25) is 5.02 Å². The predicted octanol–water partition coefficient (Wildman–Crippen LogP) is 1.95. The van der Waals surface area contributed by atoms with E-state index in [1.54, 1.807) is 16.4 Å².